The fourth-order valence-corrected chi connectivity index (χ4v) is 6.04. The topological polar surface area (TPSA) is 113 Å². The molecule has 1 unspecified atom stereocenters. The van der Waals surface area contributed by atoms with Crippen LogP contribution in [0.2, 0.25) is 0 Å². The average Bonchev–Trinajstić information content (AvgIpc) is 3.20. The zero-order valence-corrected chi connectivity index (χ0v) is 20.2. The average molecular weight is 489 g/mol. The Labute approximate surface area is 198 Å². The summed E-state index contributed by atoms with van der Waals surface area (Å²) in [6, 6.07) is 11.4. The second kappa shape index (κ2) is 9.98. The van der Waals surface area contributed by atoms with E-state index in [1.54, 1.807) is 12.1 Å². The highest BCUT2D eigenvalue weighted by molar-refractivity contribution is 7.92. The van der Waals surface area contributed by atoms with Crippen molar-refractivity contribution >= 4 is 32.2 Å². The van der Waals surface area contributed by atoms with Crippen LogP contribution < -0.4 is 20.1 Å². The molecule has 0 bridgehead atoms. The number of rotatable bonds is 8. The SMILES string of the molecule is COc1ccc(-c2sc(NCC3CCCCN3)nc2C)cc1S(=O)(=O)Nc1ccc(O)cc1. The molecule has 0 spiro atoms. The van der Waals surface area contributed by atoms with Crippen LogP contribution in [0.1, 0.15) is 25.0 Å². The summed E-state index contributed by atoms with van der Waals surface area (Å²) in [4.78, 5) is 5.57. The lowest BCUT2D eigenvalue weighted by molar-refractivity contribution is 0.403. The summed E-state index contributed by atoms with van der Waals surface area (Å²) in [5, 5.41) is 17.2. The maximum atomic E-state index is 13.1. The number of ether oxygens (including phenoxy) is 1. The van der Waals surface area contributed by atoms with Crippen LogP contribution >= 0.6 is 11.3 Å². The summed E-state index contributed by atoms with van der Waals surface area (Å²) >= 11 is 1.51. The summed E-state index contributed by atoms with van der Waals surface area (Å²) in [6.45, 7) is 3.78. The molecule has 0 saturated carbocycles. The largest absolute Gasteiger partial charge is 0.508 e. The van der Waals surface area contributed by atoms with Crippen molar-refractivity contribution < 1.29 is 18.3 Å². The first kappa shape index (κ1) is 23.3. The molecule has 176 valence electrons. The summed E-state index contributed by atoms with van der Waals surface area (Å²) in [5.41, 5.74) is 1.93. The fourth-order valence-electron chi connectivity index (χ4n) is 3.82. The number of benzene rings is 2. The van der Waals surface area contributed by atoms with Gasteiger partial charge in [-0.15, -0.1) is 0 Å². The van der Waals surface area contributed by atoms with Crippen molar-refractivity contribution in [1.29, 1.82) is 0 Å². The summed E-state index contributed by atoms with van der Waals surface area (Å²) < 4.78 is 34.1. The fraction of sp³-hybridized carbons (Fsp3) is 0.348. The molecule has 1 saturated heterocycles. The number of nitrogens with one attached hydrogen (secondary N) is 3. The van der Waals surface area contributed by atoms with Gasteiger partial charge in [-0.2, -0.15) is 0 Å². The van der Waals surface area contributed by atoms with Crippen LogP contribution in [0.5, 0.6) is 11.5 Å². The number of phenols is 1. The molecule has 1 aliphatic heterocycles. The van der Waals surface area contributed by atoms with E-state index < -0.39 is 10.0 Å². The molecule has 10 heteroatoms. The Morgan fingerprint density at radius 2 is 2.00 bits per heavy atom. The molecule has 8 nitrogen and oxygen atoms in total. The van der Waals surface area contributed by atoms with Crippen LogP contribution in [0.15, 0.2) is 47.4 Å². The summed E-state index contributed by atoms with van der Waals surface area (Å²) in [6.07, 6.45) is 3.61. The van der Waals surface area contributed by atoms with Crippen LogP contribution in [0.4, 0.5) is 10.8 Å². The Kier molecular flexibility index (Phi) is 7.06. The molecule has 2 heterocycles. The number of aromatic nitrogens is 1. The van der Waals surface area contributed by atoms with Crippen LogP contribution in [0.25, 0.3) is 10.4 Å². The first-order valence-electron chi connectivity index (χ1n) is 10.8. The summed E-state index contributed by atoms with van der Waals surface area (Å²) in [5.74, 6) is 0.302. The van der Waals surface area contributed by atoms with Crippen LogP contribution in [-0.4, -0.2) is 44.7 Å². The highest BCUT2D eigenvalue weighted by Crippen LogP contribution is 2.37. The normalized spacial score (nSPS) is 16.4. The van der Waals surface area contributed by atoms with Crippen molar-refractivity contribution in [3.8, 4) is 21.9 Å². The van der Waals surface area contributed by atoms with E-state index in [9.17, 15) is 13.5 Å². The third-order valence-electron chi connectivity index (χ3n) is 5.54. The lowest BCUT2D eigenvalue weighted by atomic mass is 10.1. The number of nitrogens with zero attached hydrogens (tertiary/aromatic N) is 1. The van der Waals surface area contributed by atoms with E-state index in [-0.39, 0.29) is 16.4 Å². The van der Waals surface area contributed by atoms with E-state index in [0.29, 0.717) is 11.7 Å². The molecule has 0 amide bonds. The van der Waals surface area contributed by atoms with E-state index in [1.165, 1.54) is 55.6 Å². The number of sulfonamides is 1. The minimum atomic E-state index is -3.93. The van der Waals surface area contributed by atoms with Crippen molar-refractivity contribution in [2.75, 3.05) is 30.2 Å². The van der Waals surface area contributed by atoms with Gasteiger partial charge in [-0.3, -0.25) is 4.72 Å². The van der Waals surface area contributed by atoms with Gasteiger partial charge in [0.25, 0.3) is 10.0 Å². The molecule has 2 aromatic carbocycles. The number of aromatic hydroxyl groups is 1. The Bertz CT molecular complexity index is 1200. The molecular weight excluding hydrogens is 460 g/mol. The number of thiazole rings is 1. The molecule has 4 N–H and O–H groups in total. The number of methoxy groups -OCH3 is 1. The molecule has 33 heavy (non-hydrogen) atoms. The van der Waals surface area contributed by atoms with Crippen molar-refractivity contribution in [3.63, 3.8) is 0 Å². The van der Waals surface area contributed by atoms with E-state index in [4.69, 9.17) is 4.74 Å². The Balaban J connectivity index is 1.58. The molecule has 0 aliphatic carbocycles. The van der Waals surface area contributed by atoms with E-state index in [1.807, 2.05) is 13.0 Å². The number of aryl methyl sites for hydroxylation is 1. The number of hydrogen-bond acceptors (Lipinski definition) is 8. The minimum Gasteiger partial charge on any atom is -0.508 e. The van der Waals surface area contributed by atoms with Gasteiger partial charge in [-0.25, -0.2) is 13.4 Å². The number of anilines is 2. The van der Waals surface area contributed by atoms with Gasteiger partial charge >= 0.3 is 0 Å². The zero-order chi connectivity index (χ0) is 23.4. The van der Waals surface area contributed by atoms with Gasteiger partial charge in [0.1, 0.15) is 16.4 Å². The number of phenolic OH excluding ortho intramolecular Hbond substituents is 1. The Morgan fingerprint density at radius 1 is 1.21 bits per heavy atom. The standard InChI is InChI=1S/C23H28N4O4S2/c1-15-22(32-23(26-15)25-14-18-5-3-4-12-24-18)16-6-11-20(31-2)21(13-16)33(29,30)27-17-7-9-19(28)10-8-17/h6-11,13,18,24,27-28H,3-5,12,14H2,1-2H3,(H,25,26). The first-order chi connectivity index (χ1) is 15.9. The van der Waals surface area contributed by atoms with Gasteiger partial charge in [0, 0.05) is 18.3 Å². The Hall–Kier alpha value is -2.82. The van der Waals surface area contributed by atoms with Gasteiger partial charge in [0.2, 0.25) is 0 Å². The van der Waals surface area contributed by atoms with Gasteiger partial charge in [0.05, 0.1) is 17.7 Å². The van der Waals surface area contributed by atoms with Crippen LogP contribution in [0.3, 0.4) is 0 Å². The maximum absolute atomic E-state index is 13.1. The second-order valence-corrected chi connectivity index (χ2v) is 10.6. The Morgan fingerprint density at radius 3 is 2.70 bits per heavy atom. The van der Waals surface area contributed by atoms with Crippen molar-refractivity contribution in [3.05, 3.63) is 48.2 Å². The van der Waals surface area contributed by atoms with Crippen molar-refractivity contribution in [2.45, 2.75) is 37.1 Å². The maximum Gasteiger partial charge on any atom is 0.265 e. The highest BCUT2D eigenvalue weighted by atomic mass is 32.2. The molecule has 1 atom stereocenters. The molecule has 1 aromatic heterocycles. The predicted molar refractivity (Wildman–Crippen MR) is 132 cm³/mol. The van der Waals surface area contributed by atoms with E-state index in [0.717, 1.165) is 40.8 Å². The van der Waals surface area contributed by atoms with E-state index >= 15 is 0 Å². The third-order valence-corrected chi connectivity index (χ3v) is 8.11. The van der Waals surface area contributed by atoms with Crippen molar-refractivity contribution in [1.82, 2.24) is 10.3 Å². The monoisotopic (exact) mass is 488 g/mol. The molecule has 0 radical (unpaired) electrons. The minimum absolute atomic E-state index is 0.0317. The number of piperidine rings is 1. The molecule has 1 fully saturated rings. The lowest BCUT2D eigenvalue weighted by Crippen LogP contribution is -2.39. The molecule has 1 aliphatic rings. The highest BCUT2D eigenvalue weighted by Gasteiger charge is 2.22. The number of hydrogen-bond donors (Lipinski definition) is 4. The lowest BCUT2D eigenvalue weighted by Gasteiger charge is -2.23. The van der Waals surface area contributed by atoms with Crippen LogP contribution in [0, 0.1) is 6.92 Å². The third kappa shape index (κ3) is 5.58. The molecular formula is C23H28N4O4S2. The second-order valence-electron chi connectivity index (χ2n) is 7.98. The van der Waals surface area contributed by atoms with Crippen molar-refractivity contribution in [2.24, 2.45) is 0 Å². The van der Waals surface area contributed by atoms with Gasteiger partial charge in [-0.05, 0) is 74.3 Å². The molecule has 4 rings (SSSR count). The quantitative estimate of drug-likeness (QED) is 0.352. The van der Waals surface area contributed by atoms with Gasteiger partial charge in [0.15, 0.2) is 5.13 Å². The van der Waals surface area contributed by atoms with Gasteiger partial charge in [-0.1, -0.05) is 17.8 Å². The predicted octanol–water partition coefficient (Wildman–Crippen LogP) is 4.19. The van der Waals surface area contributed by atoms with Crippen LogP contribution in [-0.2, 0) is 10.0 Å². The molecule has 3 aromatic rings. The smallest absolute Gasteiger partial charge is 0.265 e. The van der Waals surface area contributed by atoms with E-state index in [2.05, 4.69) is 20.3 Å². The summed E-state index contributed by atoms with van der Waals surface area (Å²) in [7, 11) is -2.49. The zero-order valence-electron chi connectivity index (χ0n) is 18.6. The van der Waals surface area contributed by atoms with Gasteiger partial charge < -0.3 is 20.5 Å². The first-order valence-corrected chi connectivity index (χ1v) is 13.1.